The number of rotatable bonds is 10. The quantitative estimate of drug-likeness (QED) is 0.139. The van der Waals surface area contributed by atoms with Crippen LogP contribution in [0.4, 0.5) is 5.82 Å². The Balaban J connectivity index is 0.000000152. The number of nitrogens with one attached hydrogen (secondary N) is 1. The zero-order valence-electron chi connectivity index (χ0n) is 27.9. The molecule has 53 heavy (non-hydrogen) atoms. The third-order valence-corrected chi connectivity index (χ3v) is 7.77. The van der Waals surface area contributed by atoms with E-state index in [0.717, 1.165) is 33.3 Å². The van der Waals surface area contributed by atoms with Gasteiger partial charge in [-0.2, -0.15) is 4.98 Å². The maximum absolute atomic E-state index is 6.10. The van der Waals surface area contributed by atoms with E-state index in [-0.39, 0.29) is 10.6 Å². The second-order valence-electron chi connectivity index (χ2n) is 10.7. The number of benzene rings is 2. The van der Waals surface area contributed by atoms with Crippen molar-refractivity contribution in [3.63, 3.8) is 0 Å². The number of anilines is 1. The van der Waals surface area contributed by atoms with Gasteiger partial charge in [-0.15, -0.1) is 10.2 Å². The van der Waals surface area contributed by atoms with Gasteiger partial charge in [0.05, 0.1) is 18.9 Å². The molecule has 268 valence electrons. The van der Waals surface area contributed by atoms with E-state index in [4.69, 9.17) is 50.0 Å². The molecular weight excluding hydrogens is 739 g/mol. The summed E-state index contributed by atoms with van der Waals surface area (Å²) in [6.07, 6.45) is 13.2. The molecule has 0 aliphatic heterocycles. The number of nitrogens with zero attached hydrogens (tertiary/aromatic N) is 10. The molecule has 3 N–H and O–H groups in total. The van der Waals surface area contributed by atoms with Crippen molar-refractivity contribution >= 4 is 51.7 Å². The normalized spacial score (nSPS) is 10.6. The summed E-state index contributed by atoms with van der Waals surface area (Å²) in [7, 11) is 0. The van der Waals surface area contributed by atoms with Gasteiger partial charge < -0.3 is 20.5 Å². The van der Waals surface area contributed by atoms with E-state index in [9.17, 15) is 0 Å². The van der Waals surface area contributed by atoms with Crippen molar-refractivity contribution < 1.29 is 9.47 Å². The van der Waals surface area contributed by atoms with Gasteiger partial charge in [-0.1, -0.05) is 72.3 Å². The summed E-state index contributed by atoms with van der Waals surface area (Å²) in [5.74, 6) is 1.65. The van der Waals surface area contributed by atoms with E-state index in [0.29, 0.717) is 49.0 Å². The first-order chi connectivity index (χ1) is 26.0. The number of aromatic nitrogens is 10. The third-order valence-electron chi connectivity index (χ3n) is 7.19. The molecule has 8 rings (SSSR count). The molecule has 8 aromatic rings. The molecule has 17 heteroatoms. The van der Waals surface area contributed by atoms with E-state index in [1.165, 1.54) is 0 Å². The van der Waals surface area contributed by atoms with Gasteiger partial charge in [0.1, 0.15) is 24.2 Å². The van der Waals surface area contributed by atoms with Gasteiger partial charge >= 0.3 is 0 Å². The number of nitrogens with two attached hydrogens (primary N) is 1. The zero-order valence-corrected chi connectivity index (χ0v) is 30.1. The Morgan fingerprint density at radius 3 is 1.70 bits per heavy atom. The highest BCUT2D eigenvalue weighted by Crippen LogP contribution is 2.31. The first-order valence-electron chi connectivity index (χ1n) is 16.1. The summed E-state index contributed by atoms with van der Waals surface area (Å²) in [6, 6.07) is 24.0. The summed E-state index contributed by atoms with van der Waals surface area (Å²) < 4.78 is 14.0. The van der Waals surface area contributed by atoms with Crippen LogP contribution in [0.15, 0.2) is 122 Å². The minimum absolute atomic E-state index is 0.137. The van der Waals surface area contributed by atoms with Crippen molar-refractivity contribution in [3.05, 3.63) is 138 Å². The van der Waals surface area contributed by atoms with E-state index in [1.807, 2.05) is 85.2 Å². The van der Waals surface area contributed by atoms with Crippen LogP contribution in [-0.2, 0) is 0 Å². The molecule has 14 nitrogen and oxygen atoms in total. The molecule has 0 aliphatic carbocycles. The molecule has 6 aromatic heterocycles. The molecule has 0 unspecified atom stereocenters. The lowest BCUT2D eigenvalue weighted by atomic mass is 10.1. The van der Waals surface area contributed by atoms with Gasteiger partial charge in [-0.3, -0.25) is 9.97 Å². The summed E-state index contributed by atoms with van der Waals surface area (Å²) in [4.78, 5) is 24.0. The van der Waals surface area contributed by atoms with Crippen LogP contribution in [0, 0.1) is 0 Å². The summed E-state index contributed by atoms with van der Waals surface area (Å²) in [6.45, 7) is 1.92. The predicted molar refractivity (Wildman–Crippen MR) is 204 cm³/mol. The van der Waals surface area contributed by atoms with Crippen LogP contribution in [0.25, 0.3) is 33.3 Å². The SMILES string of the molecule is Clc1nc(Cl)c2c(-c3ccccc3)ccn2n1.Clc1nc(NCCOc2cnccn2)c2c(-c3ccccc3)ccn2n1.NCCOc1cnccn1. The fourth-order valence-corrected chi connectivity index (χ4v) is 5.63. The van der Waals surface area contributed by atoms with E-state index >= 15 is 0 Å². The van der Waals surface area contributed by atoms with Gasteiger partial charge in [0.25, 0.3) is 0 Å². The van der Waals surface area contributed by atoms with Crippen molar-refractivity contribution in [2.75, 3.05) is 31.6 Å². The number of fused-ring (bicyclic) bond motifs is 2. The molecule has 0 atom stereocenters. The first-order valence-corrected chi connectivity index (χ1v) is 17.2. The largest absolute Gasteiger partial charge is 0.475 e. The molecule has 0 amide bonds. The molecular formula is C36H31Cl3N12O2. The van der Waals surface area contributed by atoms with Crippen LogP contribution in [0.1, 0.15) is 0 Å². The second-order valence-corrected chi connectivity index (χ2v) is 11.7. The van der Waals surface area contributed by atoms with Crippen molar-refractivity contribution in [2.45, 2.75) is 0 Å². The lowest BCUT2D eigenvalue weighted by Crippen LogP contribution is -2.14. The van der Waals surface area contributed by atoms with Crippen LogP contribution >= 0.6 is 34.8 Å². The molecule has 0 bridgehead atoms. The Bertz CT molecular complexity index is 2330. The highest BCUT2D eigenvalue weighted by molar-refractivity contribution is 6.34. The molecule has 0 saturated carbocycles. The minimum atomic E-state index is 0.137. The Morgan fingerprint density at radius 1 is 0.623 bits per heavy atom. The van der Waals surface area contributed by atoms with Crippen molar-refractivity contribution in [2.24, 2.45) is 5.73 Å². The lowest BCUT2D eigenvalue weighted by Gasteiger charge is -2.10. The van der Waals surface area contributed by atoms with E-state index < -0.39 is 0 Å². The average Bonchev–Trinajstić information content (AvgIpc) is 3.83. The lowest BCUT2D eigenvalue weighted by molar-refractivity contribution is 0.314. The monoisotopic (exact) mass is 768 g/mol. The van der Waals surface area contributed by atoms with Crippen LogP contribution in [0.2, 0.25) is 15.7 Å². The van der Waals surface area contributed by atoms with Gasteiger partial charge in [0, 0.05) is 54.9 Å². The fraction of sp³-hybridized carbons (Fsp3) is 0.111. The van der Waals surface area contributed by atoms with Crippen LogP contribution in [0.3, 0.4) is 0 Å². The number of hydrogen-bond acceptors (Lipinski definition) is 12. The maximum Gasteiger partial charge on any atom is 0.243 e. The van der Waals surface area contributed by atoms with Crippen molar-refractivity contribution in [3.8, 4) is 34.0 Å². The van der Waals surface area contributed by atoms with Crippen LogP contribution in [0.5, 0.6) is 11.8 Å². The fourth-order valence-electron chi connectivity index (χ4n) is 4.99. The van der Waals surface area contributed by atoms with Gasteiger partial charge in [-0.25, -0.2) is 24.0 Å². The van der Waals surface area contributed by atoms with Crippen LogP contribution < -0.4 is 20.5 Å². The Kier molecular flexibility index (Phi) is 12.9. The molecule has 0 aliphatic rings. The smallest absolute Gasteiger partial charge is 0.243 e. The van der Waals surface area contributed by atoms with Crippen molar-refractivity contribution in [1.29, 1.82) is 0 Å². The number of hydrogen-bond donors (Lipinski definition) is 2. The molecule has 0 spiro atoms. The topological polar surface area (TPSA) is 168 Å². The van der Waals surface area contributed by atoms with Gasteiger partial charge in [0.15, 0.2) is 11.0 Å². The number of halogens is 3. The first kappa shape index (κ1) is 36.8. The van der Waals surface area contributed by atoms with E-state index in [2.05, 4.69) is 45.4 Å². The Morgan fingerprint density at radius 2 is 1.15 bits per heavy atom. The predicted octanol–water partition coefficient (Wildman–Crippen LogP) is 6.85. The summed E-state index contributed by atoms with van der Waals surface area (Å²) >= 11 is 17.9. The van der Waals surface area contributed by atoms with Crippen molar-refractivity contribution in [1.82, 2.24) is 49.1 Å². The Hall–Kier alpha value is -5.93. The van der Waals surface area contributed by atoms with Gasteiger partial charge in [-0.05, 0) is 46.5 Å². The van der Waals surface area contributed by atoms with E-state index in [1.54, 1.807) is 46.2 Å². The van der Waals surface area contributed by atoms with Gasteiger partial charge in [0.2, 0.25) is 22.3 Å². The highest BCUT2D eigenvalue weighted by Gasteiger charge is 2.14. The third kappa shape index (κ3) is 9.90. The number of ether oxygens (including phenoxy) is 2. The summed E-state index contributed by atoms with van der Waals surface area (Å²) in [5.41, 5.74) is 11.0. The summed E-state index contributed by atoms with van der Waals surface area (Å²) in [5, 5.41) is 12.2. The average molecular weight is 770 g/mol. The molecule has 6 heterocycles. The molecule has 0 fully saturated rings. The Labute approximate surface area is 318 Å². The standard InChI is InChI=1S/C18H15ClN6O.C12H7Cl2N3.C6H9N3O/c19-18-23-17(22-9-11-26-15-12-20-7-8-21-15)16-14(6-10-25(16)24-18)13-4-2-1-3-5-13;13-11-10-9(8-4-2-1-3-5-8)6-7-17(10)16-12(14)15-11;7-1-4-10-6-5-8-2-3-9-6/h1-8,10,12H,9,11H2,(H,22,23,24);1-7H;2-3,5H,1,4,7H2. The maximum atomic E-state index is 6.10. The minimum Gasteiger partial charge on any atom is -0.475 e. The second kappa shape index (κ2) is 18.5. The molecule has 0 radical (unpaired) electrons. The van der Waals surface area contributed by atoms with Crippen LogP contribution in [-0.4, -0.2) is 75.4 Å². The molecule has 0 saturated heterocycles. The highest BCUT2D eigenvalue weighted by atomic mass is 35.5. The zero-order chi connectivity index (χ0) is 36.8. The molecule has 2 aromatic carbocycles.